The molecule has 0 radical (unpaired) electrons. The average Bonchev–Trinajstić information content (AvgIpc) is 2.92. The fourth-order valence-electron chi connectivity index (χ4n) is 1.88. The highest BCUT2D eigenvalue weighted by atomic mass is 32.1. The molecule has 0 saturated heterocycles. The van der Waals surface area contributed by atoms with Crippen molar-refractivity contribution >= 4 is 17.3 Å². The predicted molar refractivity (Wildman–Crippen MR) is 80.7 cm³/mol. The lowest BCUT2D eigenvalue weighted by molar-refractivity contribution is 0.668. The first-order valence-corrected chi connectivity index (χ1v) is 7.29. The highest BCUT2D eigenvalue weighted by Crippen LogP contribution is 2.16. The Bertz CT molecular complexity index is 481. The molecule has 4 nitrogen and oxygen atoms in total. The van der Waals surface area contributed by atoms with E-state index in [1.165, 1.54) is 4.88 Å². The second-order valence-corrected chi connectivity index (χ2v) is 5.70. The van der Waals surface area contributed by atoms with Crippen molar-refractivity contribution in [2.75, 3.05) is 19.0 Å². The van der Waals surface area contributed by atoms with Crippen LogP contribution < -0.4 is 10.2 Å². The van der Waals surface area contributed by atoms with Gasteiger partial charge in [-0.05, 0) is 25.4 Å². The molecule has 0 bridgehead atoms. The number of hydrogen-bond donors (Lipinski definition) is 1. The molecule has 2 aromatic heterocycles. The van der Waals surface area contributed by atoms with Crippen molar-refractivity contribution in [3.63, 3.8) is 0 Å². The number of thiophene rings is 1. The van der Waals surface area contributed by atoms with Crippen molar-refractivity contribution in [1.29, 1.82) is 0 Å². The molecule has 2 aromatic rings. The van der Waals surface area contributed by atoms with Gasteiger partial charge in [0.1, 0.15) is 0 Å². The SMILES string of the molecule is CNCc1cnc(N(C)C(C)Cc2cccs2)nc1. The molecular weight excluding hydrogens is 256 g/mol. The topological polar surface area (TPSA) is 41.1 Å². The minimum Gasteiger partial charge on any atom is -0.341 e. The number of anilines is 1. The maximum Gasteiger partial charge on any atom is 0.225 e. The van der Waals surface area contributed by atoms with E-state index in [-0.39, 0.29) is 0 Å². The minimum absolute atomic E-state index is 0.383. The number of aromatic nitrogens is 2. The molecular formula is C14H20N4S. The summed E-state index contributed by atoms with van der Waals surface area (Å²) in [6.45, 7) is 3.00. The Morgan fingerprint density at radius 3 is 2.68 bits per heavy atom. The molecule has 19 heavy (non-hydrogen) atoms. The highest BCUT2D eigenvalue weighted by molar-refractivity contribution is 7.09. The van der Waals surface area contributed by atoms with E-state index in [0.717, 1.165) is 24.5 Å². The van der Waals surface area contributed by atoms with Crippen molar-refractivity contribution in [3.8, 4) is 0 Å². The van der Waals surface area contributed by atoms with Crippen molar-refractivity contribution in [3.05, 3.63) is 40.3 Å². The summed E-state index contributed by atoms with van der Waals surface area (Å²) in [4.78, 5) is 12.4. The lowest BCUT2D eigenvalue weighted by atomic mass is 10.2. The van der Waals surface area contributed by atoms with Gasteiger partial charge in [0.2, 0.25) is 5.95 Å². The molecule has 102 valence electrons. The second-order valence-electron chi connectivity index (χ2n) is 4.67. The van der Waals surface area contributed by atoms with E-state index in [0.29, 0.717) is 6.04 Å². The maximum atomic E-state index is 4.43. The summed E-state index contributed by atoms with van der Waals surface area (Å²) in [6, 6.07) is 4.65. The van der Waals surface area contributed by atoms with Gasteiger partial charge in [-0.3, -0.25) is 0 Å². The van der Waals surface area contributed by atoms with Crippen molar-refractivity contribution < 1.29 is 0 Å². The number of nitrogens with one attached hydrogen (secondary N) is 1. The summed E-state index contributed by atoms with van der Waals surface area (Å²) in [5.41, 5.74) is 1.10. The van der Waals surface area contributed by atoms with E-state index in [9.17, 15) is 0 Å². The van der Waals surface area contributed by atoms with Gasteiger partial charge in [-0.25, -0.2) is 9.97 Å². The van der Waals surface area contributed by atoms with Gasteiger partial charge in [0.05, 0.1) is 0 Å². The standard InChI is InChI=1S/C14H20N4S/c1-11(7-13-5-4-6-19-13)18(3)14-16-9-12(8-15-2)10-17-14/h4-6,9-11,15H,7-8H2,1-3H3. The third kappa shape index (κ3) is 3.75. The molecule has 0 aliphatic heterocycles. The summed E-state index contributed by atoms with van der Waals surface area (Å²) in [5.74, 6) is 0.781. The molecule has 2 heterocycles. The molecule has 0 spiro atoms. The van der Waals surface area contributed by atoms with Crippen LogP contribution in [-0.4, -0.2) is 30.1 Å². The van der Waals surface area contributed by atoms with Crippen LogP contribution in [0.15, 0.2) is 29.9 Å². The molecule has 1 unspecified atom stereocenters. The van der Waals surface area contributed by atoms with Crippen LogP contribution in [0.4, 0.5) is 5.95 Å². The lowest BCUT2D eigenvalue weighted by Crippen LogP contribution is -2.32. The van der Waals surface area contributed by atoms with E-state index in [2.05, 4.69) is 44.6 Å². The largest absolute Gasteiger partial charge is 0.341 e. The summed E-state index contributed by atoms with van der Waals surface area (Å²) >= 11 is 1.80. The van der Waals surface area contributed by atoms with Gasteiger partial charge < -0.3 is 10.2 Å². The van der Waals surface area contributed by atoms with Crippen molar-refractivity contribution in [1.82, 2.24) is 15.3 Å². The number of rotatable bonds is 6. The third-order valence-electron chi connectivity index (χ3n) is 3.13. The molecule has 0 aromatic carbocycles. The van der Waals surface area contributed by atoms with Gasteiger partial charge in [0.15, 0.2) is 0 Å². The van der Waals surface area contributed by atoms with Gasteiger partial charge >= 0.3 is 0 Å². The van der Waals surface area contributed by atoms with Crippen LogP contribution in [-0.2, 0) is 13.0 Å². The number of hydrogen-bond acceptors (Lipinski definition) is 5. The zero-order chi connectivity index (χ0) is 13.7. The summed E-state index contributed by atoms with van der Waals surface area (Å²) < 4.78 is 0. The van der Waals surface area contributed by atoms with Crippen LogP contribution in [0.1, 0.15) is 17.4 Å². The Morgan fingerprint density at radius 2 is 2.11 bits per heavy atom. The van der Waals surface area contributed by atoms with E-state index in [4.69, 9.17) is 0 Å². The van der Waals surface area contributed by atoms with E-state index in [1.54, 1.807) is 11.3 Å². The number of nitrogens with zero attached hydrogens (tertiary/aromatic N) is 3. The Hall–Kier alpha value is -1.46. The molecule has 2 rings (SSSR count). The first-order valence-electron chi connectivity index (χ1n) is 6.41. The second kappa shape index (κ2) is 6.63. The first-order chi connectivity index (χ1) is 9.20. The van der Waals surface area contributed by atoms with Crippen LogP contribution in [0.3, 0.4) is 0 Å². The van der Waals surface area contributed by atoms with Gasteiger partial charge in [-0.2, -0.15) is 0 Å². The fourth-order valence-corrected chi connectivity index (χ4v) is 2.71. The van der Waals surface area contributed by atoms with E-state index >= 15 is 0 Å². The van der Waals surface area contributed by atoms with Crippen LogP contribution in [0.5, 0.6) is 0 Å². The van der Waals surface area contributed by atoms with Crippen LogP contribution in [0, 0.1) is 0 Å². The normalized spacial score (nSPS) is 12.4. The lowest BCUT2D eigenvalue weighted by Gasteiger charge is -2.24. The van der Waals surface area contributed by atoms with Gasteiger partial charge in [0, 0.05) is 48.9 Å². The fraction of sp³-hybridized carbons (Fsp3) is 0.429. The molecule has 0 aliphatic carbocycles. The summed E-state index contributed by atoms with van der Waals surface area (Å²) in [5, 5.41) is 5.21. The molecule has 0 fully saturated rings. The zero-order valence-electron chi connectivity index (χ0n) is 11.6. The van der Waals surface area contributed by atoms with Crippen molar-refractivity contribution in [2.45, 2.75) is 25.9 Å². The Labute approximate surface area is 118 Å². The minimum atomic E-state index is 0.383. The smallest absolute Gasteiger partial charge is 0.225 e. The van der Waals surface area contributed by atoms with Crippen molar-refractivity contribution in [2.24, 2.45) is 0 Å². The predicted octanol–water partition coefficient (Wildman–Crippen LogP) is 2.32. The highest BCUT2D eigenvalue weighted by Gasteiger charge is 2.13. The molecule has 0 aliphatic rings. The molecule has 0 saturated carbocycles. The monoisotopic (exact) mass is 276 g/mol. The van der Waals surface area contributed by atoms with E-state index in [1.807, 2.05) is 26.5 Å². The molecule has 0 amide bonds. The van der Waals surface area contributed by atoms with Gasteiger partial charge in [0.25, 0.3) is 0 Å². The summed E-state index contributed by atoms with van der Waals surface area (Å²) in [6.07, 6.45) is 4.79. The van der Waals surface area contributed by atoms with E-state index < -0.39 is 0 Å². The third-order valence-corrected chi connectivity index (χ3v) is 4.02. The van der Waals surface area contributed by atoms with Crippen LogP contribution >= 0.6 is 11.3 Å². The van der Waals surface area contributed by atoms with Gasteiger partial charge in [-0.1, -0.05) is 6.07 Å². The summed E-state index contributed by atoms with van der Waals surface area (Å²) in [7, 11) is 3.97. The van der Waals surface area contributed by atoms with Gasteiger partial charge in [-0.15, -0.1) is 11.3 Å². The van der Waals surface area contributed by atoms with Crippen LogP contribution in [0.25, 0.3) is 0 Å². The molecule has 1 atom stereocenters. The Kier molecular flexibility index (Phi) is 4.87. The maximum absolute atomic E-state index is 4.43. The first kappa shape index (κ1) is 14.0. The zero-order valence-corrected chi connectivity index (χ0v) is 12.4. The number of likely N-dealkylation sites (N-methyl/N-ethyl adjacent to an activating group) is 1. The Balaban J connectivity index is 1.99. The quantitative estimate of drug-likeness (QED) is 0.879. The van der Waals surface area contributed by atoms with Crippen LogP contribution in [0.2, 0.25) is 0 Å². The molecule has 1 N–H and O–H groups in total. The average molecular weight is 276 g/mol. The molecule has 5 heteroatoms. The Morgan fingerprint density at radius 1 is 1.37 bits per heavy atom.